The molecule has 0 aliphatic rings. The van der Waals surface area contributed by atoms with Crippen LogP contribution in [0.15, 0.2) is 18.2 Å². The van der Waals surface area contributed by atoms with Gasteiger partial charge in [-0.15, -0.1) is 0 Å². The van der Waals surface area contributed by atoms with Gasteiger partial charge in [0, 0.05) is 7.11 Å². The molecule has 0 saturated heterocycles. The number of carbonyl (C=O) groups is 1. The molecule has 0 fully saturated rings. The first kappa shape index (κ1) is 12.5. The fourth-order valence-corrected chi connectivity index (χ4v) is 1.24. The number of hydrogen-bond acceptors (Lipinski definition) is 4. The highest BCUT2D eigenvalue weighted by molar-refractivity contribution is 5.96. The Labute approximate surface area is 94.2 Å². The molecule has 0 saturated carbocycles. The van der Waals surface area contributed by atoms with Crippen LogP contribution < -0.4 is 11.1 Å². The van der Waals surface area contributed by atoms with Crippen molar-refractivity contribution < 1.29 is 14.6 Å². The molecule has 0 radical (unpaired) electrons. The summed E-state index contributed by atoms with van der Waals surface area (Å²) in [6.45, 7) is 1.89. The van der Waals surface area contributed by atoms with E-state index in [1.807, 2.05) is 0 Å². The average Bonchev–Trinajstić information content (AvgIpc) is 2.25. The third-order valence-corrected chi connectivity index (χ3v) is 2.18. The number of aromatic hydroxyl groups is 1. The molecule has 1 unspecified atom stereocenters. The minimum Gasteiger partial charge on any atom is -0.505 e. The highest BCUT2D eigenvalue weighted by Gasteiger charge is 2.15. The van der Waals surface area contributed by atoms with Crippen LogP contribution in [0.2, 0.25) is 0 Å². The number of benzene rings is 1. The lowest BCUT2D eigenvalue weighted by atomic mass is 10.2. The highest BCUT2D eigenvalue weighted by atomic mass is 16.5. The number of methoxy groups -OCH3 is 1. The van der Waals surface area contributed by atoms with Crippen molar-refractivity contribution >= 4 is 11.6 Å². The minimum atomic E-state index is -0.745. The summed E-state index contributed by atoms with van der Waals surface area (Å²) in [5.74, 6) is -0.330. The second-order valence-corrected chi connectivity index (χ2v) is 3.52. The monoisotopic (exact) mass is 224 g/mol. The summed E-state index contributed by atoms with van der Waals surface area (Å²) >= 11 is 0. The van der Waals surface area contributed by atoms with E-state index in [1.165, 1.54) is 7.11 Å². The predicted molar refractivity (Wildman–Crippen MR) is 61.3 cm³/mol. The van der Waals surface area contributed by atoms with Crippen LogP contribution in [0.1, 0.15) is 5.56 Å². The summed E-state index contributed by atoms with van der Waals surface area (Å²) in [6.07, 6.45) is 0. The molecule has 1 aromatic rings. The second kappa shape index (κ2) is 5.48. The zero-order valence-corrected chi connectivity index (χ0v) is 9.36. The number of amides is 1. The molecule has 4 N–H and O–H groups in total. The first-order valence-electron chi connectivity index (χ1n) is 4.90. The fourth-order valence-electron chi connectivity index (χ4n) is 1.24. The summed E-state index contributed by atoms with van der Waals surface area (Å²) in [4.78, 5) is 11.5. The van der Waals surface area contributed by atoms with Crippen LogP contribution in [0.5, 0.6) is 5.75 Å². The van der Waals surface area contributed by atoms with Crippen LogP contribution in [0.25, 0.3) is 0 Å². The topological polar surface area (TPSA) is 84.6 Å². The Morgan fingerprint density at radius 2 is 2.31 bits per heavy atom. The van der Waals surface area contributed by atoms with E-state index in [2.05, 4.69) is 5.32 Å². The number of phenolic OH excluding ortho intramolecular Hbond substituents is 1. The molecule has 1 rings (SSSR count). The quantitative estimate of drug-likeness (QED) is 0.654. The summed E-state index contributed by atoms with van der Waals surface area (Å²) in [6, 6.07) is 4.36. The molecule has 0 aromatic heterocycles. The van der Waals surface area contributed by atoms with Gasteiger partial charge in [-0.1, -0.05) is 12.1 Å². The van der Waals surface area contributed by atoms with Gasteiger partial charge in [0.2, 0.25) is 5.91 Å². The van der Waals surface area contributed by atoms with Gasteiger partial charge in [0.15, 0.2) is 0 Å². The molecule has 0 spiro atoms. The minimum absolute atomic E-state index is 0.0560. The molecule has 0 aliphatic carbocycles. The standard InChI is InChI=1S/C11H16N2O3/c1-7-4-3-5-9(10(7)14)13-11(15)8(12)6-16-2/h3-5,8,14H,6,12H2,1-2H3,(H,13,15). The molecule has 1 atom stereocenters. The van der Waals surface area contributed by atoms with Crippen molar-refractivity contribution in [3.05, 3.63) is 23.8 Å². The van der Waals surface area contributed by atoms with E-state index in [1.54, 1.807) is 25.1 Å². The van der Waals surface area contributed by atoms with E-state index in [9.17, 15) is 9.90 Å². The zero-order valence-electron chi connectivity index (χ0n) is 9.36. The number of phenols is 1. The number of para-hydroxylation sites is 1. The Hall–Kier alpha value is -1.59. The van der Waals surface area contributed by atoms with Crippen molar-refractivity contribution in [1.29, 1.82) is 0 Å². The Balaban J connectivity index is 2.73. The largest absolute Gasteiger partial charge is 0.505 e. The van der Waals surface area contributed by atoms with Crippen LogP contribution in [0.4, 0.5) is 5.69 Å². The summed E-state index contributed by atoms with van der Waals surface area (Å²) in [5, 5.41) is 12.2. The van der Waals surface area contributed by atoms with Gasteiger partial charge in [-0.3, -0.25) is 4.79 Å². The summed E-state index contributed by atoms with van der Waals surface area (Å²) in [5.41, 5.74) is 6.60. The van der Waals surface area contributed by atoms with Crippen molar-refractivity contribution in [2.75, 3.05) is 19.0 Å². The van der Waals surface area contributed by atoms with E-state index in [0.29, 0.717) is 11.3 Å². The first-order valence-corrected chi connectivity index (χ1v) is 4.90. The Morgan fingerprint density at radius 3 is 2.94 bits per heavy atom. The number of nitrogens with two attached hydrogens (primary N) is 1. The van der Waals surface area contributed by atoms with Crippen molar-refractivity contribution in [1.82, 2.24) is 0 Å². The molecule has 5 heteroatoms. The van der Waals surface area contributed by atoms with Crippen LogP contribution in [0.3, 0.4) is 0 Å². The lowest BCUT2D eigenvalue weighted by Crippen LogP contribution is -2.39. The SMILES string of the molecule is COCC(N)C(=O)Nc1cccc(C)c1O. The molecule has 5 nitrogen and oxygen atoms in total. The number of carbonyl (C=O) groups excluding carboxylic acids is 1. The summed E-state index contributed by atoms with van der Waals surface area (Å²) < 4.78 is 4.77. The fraction of sp³-hybridized carbons (Fsp3) is 0.364. The third kappa shape index (κ3) is 2.95. The smallest absolute Gasteiger partial charge is 0.243 e. The third-order valence-electron chi connectivity index (χ3n) is 2.18. The molecule has 16 heavy (non-hydrogen) atoms. The lowest BCUT2D eigenvalue weighted by Gasteiger charge is -2.12. The molecule has 0 bridgehead atoms. The molecule has 1 aromatic carbocycles. The number of ether oxygens (including phenoxy) is 1. The van der Waals surface area contributed by atoms with Crippen LogP contribution in [-0.2, 0) is 9.53 Å². The van der Waals surface area contributed by atoms with Crippen molar-refractivity contribution in [3.8, 4) is 5.75 Å². The van der Waals surface area contributed by atoms with Crippen molar-refractivity contribution in [3.63, 3.8) is 0 Å². The van der Waals surface area contributed by atoms with Gasteiger partial charge in [-0.05, 0) is 18.6 Å². The molecular formula is C11H16N2O3. The maximum atomic E-state index is 11.5. The maximum absolute atomic E-state index is 11.5. The van der Waals surface area contributed by atoms with Crippen molar-refractivity contribution in [2.24, 2.45) is 5.73 Å². The van der Waals surface area contributed by atoms with E-state index < -0.39 is 6.04 Å². The van der Waals surface area contributed by atoms with Crippen LogP contribution >= 0.6 is 0 Å². The number of nitrogens with one attached hydrogen (secondary N) is 1. The van der Waals surface area contributed by atoms with Crippen LogP contribution in [0, 0.1) is 6.92 Å². The molecular weight excluding hydrogens is 208 g/mol. The van der Waals surface area contributed by atoms with Gasteiger partial charge in [0.05, 0.1) is 12.3 Å². The van der Waals surface area contributed by atoms with Gasteiger partial charge in [0.25, 0.3) is 0 Å². The van der Waals surface area contributed by atoms with E-state index in [0.717, 1.165) is 0 Å². The first-order chi connectivity index (χ1) is 7.56. The highest BCUT2D eigenvalue weighted by Crippen LogP contribution is 2.26. The molecule has 0 aliphatic heterocycles. The van der Waals surface area contributed by atoms with Crippen molar-refractivity contribution in [2.45, 2.75) is 13.0 Å². The Bertz CT molecular complexity index is 379. The van der Waals surface area contributed by atoms with E-state index >= 15 is 0 Å². The van der Waals surface area contributed by atoms with E-state index in [4.69, 9.17) is 10.5 Å². The maximum Gasteiger partial charge on any atom is 0.243 e. The number of rotatable bonds is 4. The average molecular weight is 224 g/mol. The Kier molecular flexibility index (Phi) is 4.28. The Morgan fingerprint density at radius 1 is 1.62 bits per heavy atom. The second-order valence-electron chi connectivity index (χ2n) is 3.52. The van der Waals surface area contributed by atoms with Gasteiger partial charge in [0.1, 0.15) is 11.8 Å². The number of aryl methyl sites for hydroxylation is 1. The zero-order chi connectivity index (χ0) is 12.1. The normalized spacial score (nSPS) is 12.2. The number of anilines is 1. The lowest BCUT2D eigenvalue weighted by molar-refractivity contribution is -0.118. The van der Waals surface area contributed by atoms with Gasteiger partial charge >= 0.3 is 0 Å². The number of hydrogen-bond donors (Lipinski definition) is 3. The molecule has 0 heterocycles. The van der Waals surface area contributed by atoms with Gasteiger partial charge in [-0.25, -0.2) is 0 Å². The predicted octanol–water partition coefficient (Wildman–Crippen LogP) is 0.613. The molecule has 88 valence electrons. The van der Waals surface area contributed by atoms with Gasteiger partial charge < -0.3 is 20.9 Å². The van der Waals surface area contributed by atoms with Crippen LogP contribution in [-0.4, -0.2) is 30.8 Å². The van der Waals surface area contributed by atoms with Gasteiger partial charge in [-0.2, -0.15) is 0 Å². The van der Waals surface area contributed by atoms with E-state index in [-0.39, 0.29) is 18.3 Å². The molecule has 1 amide bonds. The summed E-state index contributed by atoms with van der Waals surface area (Å²) in [7, 11) is 1.47.